The molecule has 2 heterocycles. The van der Waals surface area contributed by atoms with Crippen molar-refractivity contribution in [2.45, 2.75) is 39.2 Å². The number of rotatable bonds is 6. The molecule has 0 aliphatic rings. The maximum atomic E-state index is 11.8. The molecule has 1 atom stereocenters. The minimum atomic E-state index is -0.288. The average Bonchev–Trinajstić information content (AvgIpc) is 2.85. The van der Waals surface area contributed by atoms with Crippen LogP contribution in [0.1, 0.15) is 30.4 Å². The lowest BCUT2D eigenvalue weighted by molar-refractivity contribution is -0.121. The van der Waals surface area contributed by atoms with Crippen molar-refractivity contribution in [3.63, 3.8) is 0 Å². The van der Waals surface area contributed by atoms with Gasteiger partial charge >= 0.3 is 0 Å². The minimum absolute atomic E-state index is 0.00401. The molecular formula is C15H19N3O3. The van der Waals surface area contributed by atoms with Crippen LogP contribution >= 0.6 is 0 Å². The van der Waals surface area contributed by atoms with Crippen molar-refractivity contribution in [2.24, 2.45) is 0 Å². The number of hydrogen-bond donors (Lipinski definition) is 2. The summed E-state index contributed by atoms with van der Waals surface area (Å²) in [5.74, 6) is 0.420. The zero-order chi connectivity index (χ0) is 15.2. The highest BCUT2D eigenvalue weighted by Gasteiger charge is 2.11. The van der Waals surface area contributed by atoms with Crippen molar-refractivity contribution < 1.29 is 9.32 Å². The number of nitrogens with one attached hydrogen (secondary N) is 2. The molecule has 0 fully saturated rings. The molecule has 1 amide bonds. The topological polar surface area (TPSA) is 88.0 Å². The Morgan fingerprint density at radius 2 is 2.33 bits per heavy atom. The predicted octanol–water partition coefficient (Wildman–Crippen LogP) is 1.35. The first-order valence-corrected chi connectivity index (χ1v) is 6.92. The summed E-state index contributed by atoms with van der Waals surface area (Å²) in [7, 11) is 0. The lowest BCUT2D eigenvalue weighted by Crippen LogP contribution is -2.34. The molecule has 2 rings (SSSR count). The number of aromatic nitrogens is 2. The van der Waals surface area contributed by atoms with E-state index in [0.717, 1.165) is 11.3 Å². The Labute approximate surface area is 122 Å². The summed E-state index contributed by atoms with van der Waals surface area (Å²) in [5, 5.41) is 5.13. The van der Waals surface area contributed by atoms with Gasteiger partial charge in [-0.3, -0.25) is 14.6 Å². The highest BCUT2D eigenvalue weighted by molar-refractivity contribution is 5.76. The third-order valence-corrected chi connectivity index (χ3v) is 3.20. The van der Waals surface area contributed by atoms with Crippen LogP contribution in [-0.2, 0) is 17.6 Å². The predicted molar refractivity (Wildman–Crippen MR) is 77.9 cm³/mol. The first kappa shape index (κ1) is 15.0. The summed E-state index contributed by atoms with van der Waals surface area (Å²) in [5.41, 5.74) is 1.82. The fourth-order valence-electron chi connectivity index (χ4n) is 2.10. The molecule has 0 aliphatic carbocycles. The molecule has 0 aliphatic heterocycles. The van der Waals surface area contributed by atoms with Gasteiger partial charge < -0.3 is 9.84 Å². The molecule has 6 heteroatoms. The van der Waals surface area contributed by atoms with E-state index in [1.54, 1.807) is 6.20 Å². The standard InChI is InChI=1S/C15H19N3O3/c1-10-4-3-7-16-13(10)8-11(2)17-14(19)6-5-12-9-15(20)18-21-12/h3-4,7,9,11H,5-6,8H2,1-2H3,(H,17,19)(H,18,20)/t11-/m1/s1. The van der Waals surface area contributed by atoms with Crippen LogP contribution < -0.4 is 10.9 Å². The Morgan fingerprint density at radius 3 is 3.00 bits per heavy atom. The lowest BCUT2D eigenvalue weighted by atomic mass is 10.1. The number of hydrogen-bond acceptors (Lipinski definition) is 4. The van der Waals surface area contributed by atoms with Crippen LogP contribution in [-0.4, -0.2) is 22.1 Å². The van der Waals surface area contributed by atoms with Gasteiger partial charge in [-0.25, -0.2) is 0 Å². The maximum Gasteiger partial charge on any atom is 0.280 e. The van der Waals surface area contributed by atoms with Gasteiger partial charge in [-0.1, -0.05) is 6.07 Å². The van der Waals surface area contributed by atoms with Gasteiger partial charge in [0.05, 0.1) is 0 Å². The molecule has 0 saturated heterocycles. The molecule has 0 radical (unpaired) electrons. The Morgan fingerprint density at radius 1 is 1.52 bits per heavy atom. The molecule has 2 N–H and O–H groups in total. The van der Waals surface area contributed by atoms with E-state index in [4.69, 9.17) is 4.52 Å². The van der Waals surface area contributed by atoms with E-state index in [0.29, 0.717) is 18.6 Å². The van der Waals surface area contributed by atoms with E-state index in [2.05, 4.69) is 15.5 Å². The quantitative estimate of drug-likeness (QED) is 0.840. The largest absolute Gasteiger partial charge is 0.384 e. The fourth-order valence-corrected chi connectivity index (χ4v) is 2.10. The van der Waals surface area contributed by atoms with Gasteiger partial charge in [0, 0.05) is 43.3 Å². The smallest absolute Gasteiger partial charge is 0.280 e. The van der Waals surface area contributed by atoms with E-state index in [1.807, 2.05) is 26.0 Å². The van der Waals surface area contributed by atoms with E-state index >= 15 is 0 Å². The van der Waals surface area contributed by atoms with Gasteiger partial charge in [0.1, 0.15) is 5.76 Å². The van der Waals surface area contributed by atoms with Crippen molar-refractivity contribution >= 4 is 5.91 Å². The number of carbonyl (C=O) groups is 1. The zero-order valence-electron chi connectivity index (χ0n) is 12.2. The molecule has 2 aromatic heterocycles. The van der Waals surface area contributed by atoms with Gasteiger partial charge in [-0.05, 0) is 25.5 Å². The molecule has 0 bridgehead atoms. The maximum absolute atomic E-state index is 11.8. The van der Waals surface area contributed by atoms with Crippen molar-refractivity contribution in [3.05, 3.63) is 51.8 Å². The second kappa shape index (κ2) is 6.88. The van der Waals surface area contributed by atoms with Gasteiger partial charge in [0.2, 0.25) is 5.91 Å². The molecule has 2 aromatic rings. The molecule has 0 unspecified atom stereocenters. The second-order valence-electron chi connectivity index (χ2n) is 5.12. The molecular weight excluding hydrogens is 270 g/mol. The van der Waals surface area contributed by atoms with Gasteiger partial charge in [0.25, 0.3) is 5.56 Å². The van der Waals surface area contributed by atoms with Crippen LogP contribution in [0.4, 0.5) is 0 Å². The summed E-state index contributed by atoms with van der Waals surface area (Å²) in [4.78, 5) is 27.1. The number of carbonyl (C=O) groups excluding carboxylic acids is 1. The zero-order valence-corrected chi connectivity index (χ0v) is 12.2. The van der Waals surface area contributed by atoms with Crippen molar-refractivity contribution in [2.75, 3.05) is 0 Å². The second-order valence-corrected chi connectivity index (χ2v) is 5.12. The minimum Gasteiger partial charge on any atom is -0.384 e. The van der Waals surface area contributed by atoms with Crippen molar-refractivity contribution in [1.82, 2.24) is 15.5 Å². The SMILES string of the molecule is Cc1cccnc1C[C@@H](C)NC(=O)CCc1cc(=O)[nH]o1. The van der Waals surface area contributed by atoms with E-state index in [9.17, 15) is 9.59 Å². The number of H-pyrrole nitrogens is 1. The van der Waals surface area contributed by atoms with Crippen molar-refractivity contribution in [3.8, 4) is 0 Å². The Hall–Kier alpha value is -2.37. The molecule has 0 saturated carbocycles. The summed E-state index contributed by atoms with van der Waals surface area (Å²) < 4.78 is 4.90. The Bertz CT molecular complexity index is 660. The highest BCUT2D eigenvalue weighted by atomic mass is 16.5. The fraction of sp³-hybridized carbons (Fsp3) is 0.400. The van der Waals surface area contributed by atoms with Gasteiger partial charge in [0.15, 0.2) is 0 Å². The number of aromatic amines is 1. The Balaban J connectivity index is 1.79. The van der Waals surface area contributed by atoms with E-state index in [-0.39, 0.29) is 23.9 Å². The van der Waals surface area contributed by atoms with Crippen LogP contribution in [0.5, 0.6) is 0 Å². The lowest BCUT2D eigenvalue weighted by Gasteiger charge is -2.14. The van der Waals surface area contributed by atoms with Crippen LogP contribution in [0.2, 0.25) is 0 Å². The number of amides is 1. The monoisotopic (exact) mass is 289 g/mol. The Kier molecular flexibility index (Phi) is 4.92. The average molecular weight is 289 g/mol. The van der Waals surface area contributed by atoms with Crippen LogP contribution in [0.25, 0.3) is 0 Å². The molecule has 6 nitrogen and oxygen atoms in total. The van der Waals surface area contributed by atoms with Crippen LogP contribution in [0.15, 0.2) is 33.7 Å². The highest BCUT2D eigenvalue weighted by Crippen LogP contribution is 2.06. The molecule has 21 heavy (non-hydrogen) atoms. The molecule has 112 valence electrons. The normalized spacial score (nSPS) is 12.1. The van der Waals surface area contributed by atoms with E-state index < -0.39 is 0 Å². The number of nitrogens with zero attached hydrogens (tertiary/aromatic N) is 1. The summed E-state index contributed by atoms with van der Waals surface area (Å²) in [6.07, 6.45) is 3.13. The summed E-state index contributed by atoms with van der Waals surface area (Å²) in [6, 6.07) is 5.26. The first-order chi connectivity index (χ1) is 10.0. The third kappa shape index (κ3) is 4.59. The third-order valence-electron chi connectivity index (χ3n) is 3.20. The summed E-state index contributed by atoms with van der Waals surface area (Å²) >= 11 is 0. The van der Waals surface area contributed by atoms with Gasteiger partial charge in [-0.15, -0.1) is 0 Å². The van der Waals surface area contributed by atoms with Crippen molar-refractivity contribution in [1.29, 1.82) is 0 Å². The van der Waals surface area contributed by atoms with Crippen LogP contribution in [0, 0.1) is 6.92 Å². The first-order valence-electron chi connectivity index (χ1n) is 6.92. The number of pyridine rings is 1. The van der Waals surface area contributed by atoms with Crippen LogP contribution in [0.3, 0.4) is 0 Å². The molecule has 0 spiro atoms. The summed E-state index contributed by atoms with van der Waals surface area (Å²) in [6.45, 7) is 3.95. The molecule has 0 aromatic carbocycles. The number of aryl methyl sites for hydroxylation is 2. The van der Waals surface area contributed by atoms with E-state index in [1.165, 1.54) is 6.07 Å². The van der Waals surface area contributed by atoms with Gasteiger partial charge in [-0.2, -0.15) is 5.16 Å².